The average Bonchev–Trinajstić information content (AvgIpc) is 2.37. The lowest BCUT2D eigenvalue weighted by atomic mass is 9.99. The first-order valence-corrected chi connectivity index (χ1v) is 5.73. The Morgan fingerprint density at radius 1 is 1.40 bits per heavy atom. The lowest BCUT2D eigenvalue weighted by Crippen LogP contribution is -2.25. The monoisotopic (exact) mass is 290 g/mol. The van der Waals surface area contributed by atoms with Gasteiger partial charge in [0.25, 0.3) is 0 Å². The van der Waals surface area contributed by atoms with E-state index >= 15 is 0 Å². The molecule has 3 nitrogen and oxygen atoms in total. The molecule has 0 amide bonds. The normalized spacial score (nSPS) is 16.5. The number of carbonyl (C=O) groups excluding carboxylic acids is 1. The van der Waals surface area contributed by atoms with Gasteiger partial charge in [0.15, 0.2) is 0 Å². The van der Waals surface area contributed by atoms with E-state index in [0.29, 0.717) is 23.3 Å². The van der Waals surface area contributed by atoms with E-state index in [-0.39, 0.29) is 6.61 Å². The molecule has 2 rings (SSSR count). The van der Waals surface area contributed by atoms with Crippen molar-refractivity contribution in [2.24, 2.45) is 0 Å². The Labute approximate surface area is 111 Å². The zero-order chi connectivity index (χ0) is 14.8. The maximum atomic E-state index is 13.0. The van der Waals surface area contributed by atoms with Crippen LogP contribution in [0.3, 0.4) is 0 Å². The first kappa shape index (κ1) is 14.4. The first-order chi connectivity index (χ1) is 9.38. The number of esters is 1. The highest BCUT2D eigenvalue weighted by Crippen LogP contribution is 2.33. The van der Waals surface area contributed by atoms with Gasteiger partial charge >= 0.3 is 12.1 Å². The van der Waals surface area contributed by atoms with Gasteiger partial charge in [-0.2, -0.15) is 13.2 Å². The molecule has 108 valence electrons. The summed E-state index contributed by atoms with van der Waals surface area (Å²) in [5.41, 5.74) is 1.24. The summed E-state index contributed by atoms with van der Waals surface area (Å²) in [6, 6.07) is 3.90. The number of alkyl halides is 3. The maximum absolute atomic E-state index is 13.0. The SMILES string of the molecule is O=C(OC/C=C1\CCOc2cc(F)ccc21)C(F)(F)F. The van der Waals surface area contributed by atoms with Gasteiger partial charge in [0.2, 0.25) is 0 Å². The number of ether oxygens (including phenoxy) is 2. The Morgan fingerprint density at radius 3 is 2.85 bits per heavy atom. The fourth-order valence-corrected chi connectivity index (χ4v) is 1.80. The van der Waals surface area contributed by atoms with Crippen LogP contribution in [0.25, 0.3) is 5.57 Å². The van der Waals surface area contributed by atoms with E-state index in [1.54, 1.807) is 0 Å². The number of rotatable bonds is 2. The van der Waals surface area contributed by atoms with Crippen molar-refractivity contribution >= 4 is 11.5 Å². The second kappa shape index (κ2) is 5.52. The number of hydrogen-bond donors (Lipinski definition) is 0. The molecule has 0 spiro atoms. The number of carbonyl (C=O) groups is 1. The molecule has 7 heteroatoms. The molecule has 0 bridgehead atoms. The molecule has 0 aromatic heterocycles. The molecular weight excluding hydrogens is 280 g/mol. The molecule has 0 radical (unpaired) electrons. The van der Waals surface area contributed by atoms with Crippen LogP contribution in [0.1, 0.15) is 12.0 Å². The predicted molar refractivity (Wildman–Crippen MR) is 61.5 cm³/mol. The van der Waals surface area contributed by atoms with Crippen LogP contribution < -0.4 is 4.74 Å². The smallest absolute Gasteiger partial charge is 0.490 e. The van der Waals surface area contributed by atoms with Crippen molar-refractivity contribution in [3.05, 3.63) is 35.7 Å². The van der Waals surface area contributed by atoms with E-state index in [1.807, 2.05) is 0 Å². The minimum atomic E-state index is -5.00. The summed E-state index contributed by atoms with van der Waals surface area (Å²) in [6.07, 6.45) is -3.19. The first-order valence-electron chi connectivity index (χ1n) is 5.73. The molecule has 0 atom stereocenters. The summed E-state index contributed by atoms with van der Waals surface area (Å²) in [4.78, 5) is 10.5. The minimum absolute atomic E-state index is 0.287. The van der Waals surface area contributed by atoms with Gasteiger partial charge in [0, 0.05) is 18.1 Å². The van der Waals surface area contributed by atoms with E-state index in [9.17, 15) is 22.4 Å². The van der Waals surface area contributed by atoms with Gasteiger partial charge in [-0.25, -0.2) is 9.18 Å². The molecule has 20 heavy (non-hydrogen) atoms. The van der Waals surface area contributed by atoms with E-state index in [4.69, 9.17) is 4.74 Å². The largest absolute Gasteiger partial charge is 0.493 e. The quantitative estimate of drug-likeness (QED) is 0.620. The van der Waals surface area contributed by atoms with Crippen LogP contribution in [-0.2, 0) is 9.53 Å². The summed E-state index contributed by atoms with van der Waals surface area (Å²) in [7, 11) is 0. The Balaban J connectivity index is 2.08. The average molecular weight is 290 g/mol. The maximum Gasteiger partial charge on any atom is 0.490 e. The van der Waals surface area contributed by atoms with Crippen molar-refractivity contribution in [1.29, 1.82) is 0 Å². The van der Waals surface area contributed by atoms with Crippen molar-refractivity contribution < 1.29 is 31.8 Å². The third kappa shape index (κ3) is 3.28. The molecule has 1 aromatic rings. The Kier molecular flexibility index (Phi) is 3.96. The van der Waals surface area contributed by atoms with Crippen LogP contribution in [0.4, 0.5) is 17.6 Å². The number of benzene rings is 1. The summed E-state index contributed by atoms with van der Waals surface area (Å²) >= 11 is 0. The van der Waals surface area contributed by atoms with Crippen molar-refractivity contribution in [3.8, 4) is 5.75 Å². The summed E-state index contributed by atoms with van der Waals surface area (Å²) in [5.74, 6) is -2.38. The molecule has 0 unspecified atom stereocenters. The van der Waals surface area contributed by atoms with Gasteiger partial charge < -0.3 is 9.47 Å². The summed E-state index contributed by atoms with van der Waals surface area (Å²) < 4.78 is 58.2. The molecule has 0 N–H and O–H groups in total. The fourth-order valence-electron chi connectivity index (χ4n) is 1.80. The second-order valence-corrected chi connectivity index (χ2v) is 4.06. The van der Waals surface area contributed by atoms with Crippen LogP contribution in [0.2, 0.25) is 0 Å². The van der Waals surface area contributed by atoms with Crippen LogP contribution in [-0.4, -0.2) is 25.4 Å². The topological polar surface area (TPSA) is 35.5 Å². The van der Waals surface area contributed by atoms with Crippen molar-refractivity contribution in [2.75, 3.05) is 13.2 Å². The highest BCUT2D eigenvalue weighted by molar-refractivity contribution is 5.76. The van der Waals surface area contributed by atoms with Gasteiger partial charge in [0.05, 0.1) is 6.61 Å². The van der Waals surface area contributed by atoms with Crippen molar-refractivity contribution in [1.82, 2.24) is 0 Å². The van der Waals surface area contributed by atoms with Gasteiger partial charge in [-0.1, -0.05) is 0 Å². The zero-order valence-electron chi connectivity index (χ0n) is 10.2. The van der Waals surface area contributed by atoms with Gasteiger partial charge in [0.1, 0.15) is 18.2 Å². The van der Waals surface area contributed by atoms with Gasteiger partial charge in [-0.15, -0.1) is 0 Å². The Bertz CT molecular complexity index is 549. The van der Waals surface area contributed by atoms with Gasteiger partial charge in [-0.3, -0.25) is 0 Å². The second-order valence-electron chi connectivity index (χ2n) is 4.06. The minimum Gasteiger partial charge on any atom is -0.493 e. The molecule has 1 aliphatic heterocycles. The number of fused-ring (bicyclic) bond motifs is 1. The summed E-state index contributed by atoms with van der Waals surface area (Å²) in [6.45, 7) is -0.208. The molecule has 0 fully saturated rings. The third-order valence-electron chi connectivity index (χ3n) is 2.69. The standard InChI is InChI=1S/C13H10F4O3/c14-9-1-2-10-8(3-5-19-11(10)7-9)4-6-20-12(18)13(15,16)17/h1-2,4,7H,3,5-6H2/b8-4+. The number of halogens is 4. The number of hydrogen-bond acceptors (Lipinski definition) is 3. The molecule has 1 heterocycles. The predicted octanol–water partition coefficient (Wildman–Crippen LogP) is 3.10. The van der Waals surface area contributed by atoms with E-state index < -0.39 is 24.6 Å². The van der Waals surface area contributed by atoms with Crippen LogP contribution in [0.15, 0.2) is 24.3 Å². The molecule has 1 aliphatic rings. The van der Waals surface area contributed by atoms with Crippen LogP contribution in [0, 0.1) is 5.82 Å². The van der Waals surface area contributed by atoms with E-state index in [1.165, 1.54) is 24.3 Å². The molecule has 0 aliphatic carbocycles. The molecule has 0 saturated carbocycles. The lowest BCUT2D eigenvalue weighted by Gasteiger charge is -2.20. The van der Waals surface area contributed by atoms with Crippen molar-refractivity contribution in [3.63, 3.8) is 0 Å². The molecular formula is C13H10F4O3. The third-order valence-corrected chi connectivity index (χ3v) is 2.69. The Hall–Kier alpha value is -2.05. The highest BCUT2D eigenvalue weighted by atomic mass is 19.4. The lowest BCUT2D eigenvalue weighted by molar-refractivity contribution is -0.198. The van der Waals surface area contributed by atoms with Crippen LogP contribution >= 0.6 is 0 Å². The van der Waals surface area contributed by atoms with Crippen molar-refractivity contribution in [2.45, 2.75) is 12.6 Å². The highest BCUT2D eigenvalue weighted by Gasteiger charge is 2.40. The van der Waals surface area contributed by atoms with E-state index in [2.05, 4.69) is 4.74 Å². The molecule has 1 aromatic carbocycles. The van der Waals surface area contributed by atoms with Crippen LogP contribution in [0.5, 0.6) is 5.75 Å². The summed E-state index contributed by atoms with van der Waals surface area (Å²) in [5, 5.41) is 0. The molecule has 0 saturated heterocycles. The Morgan fingerprint density at radius 2 is 2.15 bits per heavy atom. The van der Waals surface area contributed by atoms with E-state index in [0.717, 1.165) is 0 Å². The van der Waals surface area contributed by atoms with Gasteiger partial charge in [-0.05, 0) is 23.8 Å². The zero-order valence-corrected chi connectivity index (χ0v) is 10.2. The fraction of sp³-hybridized carbons (Fsp3) is 0.308.